The predicted molar refractivity (Wildman–Crippen MR) is 92.3 cm³/mol. The van der Waals surface area contributed by atoms with Gasteiger partial charge in [0.25, 0.3) is 0 Å². The Labute approximate surface area is 143 Å². The van der Waals surface area contributed by atoms with Crippen molar-refractivity contribution in [2.24, 2.45) is 0 Å². The SMILES string of the molecule is CC(C)OCCCNC[C@@H](O)COCCOc1ccc(Cl)cc1. The zero-order valence-electron chi connectivity index (χ0n) is 14.0. The van der Waals surface area contributed by atoms with Gasteiger partial charge < -0.3 is 24.6 Å². The number of hydrogen-bond donors (Lipinski definition) is 2. The number of ether oxygens (including phenoxy) is 3. The molecule has 6 heteroatoms. The van der Waals surface area contributed by atoms with E-state index in [2.05, 4.69) is 5.32 Å². The van der Waals surface area contributed by atoms with Crippen molar-refractivity contribution < 1.29 is 19.3 Å². The van der Waals surface area contributed by atoms with Gasteiger partial charge in [-0.15, -0.1) is 0 Å². The molecular formula is C17H28ClNO4. The van der Waals surface area contributed by atoms with Crippen molar-refractivity contribution in [3.8, 4) is 5.75 Å². The smallest absolute Gasteiger partial charge is 0.119 e. The van der Waals surface area contributed by atoms with Gasteiger partial charge in [-0.3, -0.25) is 0 Å². The number of halogens is 1. The molecule has 0 aliphatic rings. The van der Waals surface area contributed by atoms with Crippen LogP contribution in [0.3, 0.4) is 0 Å². The summed E-state index contributed by atoms with van der Waals surface area (Å²) in [5.41, 5.74) is 0. The summed E-state index contributed by atoms with van der Waals surface area (Å²) in [6, 6.07) is 7.17. The van der Waals surface area contributed by atoms with Crippen LogP contribution in [0, 0.1) is 0 Å². The van der Waals surface area contributed by atoms with E-state index >= 15 is 0 Å². The maximum atomic E-state index is 9.77. The van der Waals surface area contributed by atoms with Crippen LogP contribution in [-0.2, 0) is 9.47 Å². The maximum Gasteiger partial charge on any atom is 0.119 e. The molecule has 1 rings (SSSR count). The minimum atomic E-state index is -0.517. The van der Waals surface area contributed by atoms with Crippen LogP contribution in [-0.4, -0.2) is 56.8 Å². The monoisotopic (exact) mass is 345 g/mol. The average Bonchev–Trinajstić information content (AvgIpc) is 2.52. The molecule has 1 atom stereocenters. The van der Waals surface area contributed by atoms with E-state index in [0.29, 0.717) is 31.4 Å². The van der Waals surface area contributed by atoms with Gasteiger partial charge in [-0.25, -0.2) is 0 Å². The number of hydrogen-bond acceptors (Lipinski definition) is 5. The zero-order chi connectivity index (χ0) is 16.9. The summed E-state index contributed by atoms with van der Waals surface area (Å²) in [7, 11) is 0. The molecule has 0 amide bonds. The van der Waals surface area contributed by atoms with Gasteiger partial charge in [0.15, 0.2) is 0 Å². The highest BCUT2D eigenvalue weighted by molar-refractivity contribution is 6.30. The molecule has 1 aromatic carbocycles. The standard InChI is InChI=1S/C17H28ClNO4/c1-14(2)22-9-3-8-19-12-16(20)13-21-10-11-23-17-6-4-15(18)5-7-17/h4-7,14,16,19-20H,3,8-13H2,1-2H3/t16-/m1/s1. The van der Waals surface area contributed by atoms with Gasteiger partial charge in [-0.2, -0.15) is 0 Å². The van der Waals surface area contributed by atoms with Crippen LogP contribution in [0.4, 0.5) is 0 Å². The Morgan fingerprint density at radius 3 is 2.57 bits per heavy atom. The van der Waals surface area contributed by atoms with Gasteiger partial charge in [0.2, 0.25) is 0 Å². The molecule has 23 heavy (non-hydrogen) atoms. The lowest BCUT2D eigenvalue weighted by atomic mass is 10.3. The fourth-order valence-electron chi connectivity index (χ4n) is 1.81. The van der Waals surface area contributed by atoms with E-state index in [9.17, 15) is 5.11 Å². The lowest BCUT2D eigenvalue weighted by Gasteiger charge is -2.13. The molecule has 0 radical (unpaired) electrons. The number of aliphatic hydroxyl groups excluding tert-OH is 1. The minimum Gasteiger partial charge on any atom is -0.491 e. The molecule has 2 N–H and O–H groups in total. The third-order valence-electron chi connectivity index (χ3n) is 2.95. The van der Waals surface area contributed by atoms with Crippen molar-refractivity contribution in [3.63, 3.8) is 0 Å². The van der Waals surface area contributed by atoms with Crippen LogP contribution >= 0.6 is 11.6 Å². The lowest BCUT2D eigenvalue weighted by Crippen LogP contribution is -2.32. The maximum absolute atomic E-state index is 9.77. The Balaban J connectivity index is 1.91. The van der Waals surface area contributed by atoms with Gasteiger partial charge >= 0.3 is 0 Å². The van der Waals surface area contributed by atoms with Crippen molar-refractivity contribution in [3.05, 3.63) is 29.3 Å². The average molecular weight is 346 g/mol. The summed E-state index contributed by atoms with van der Waals surface area (Å²) in [6.07, 6.45) is 0.682. The highest BCUT2D eigenvalue weighted by Gasteiger charge is 2.03. The molecule has 0 fully saturated rings. The Bertz CT molecular complexity index is 400. The van der Waals surface area contributed by atoms with E-state index in [4.69, 9.17) is 25.8 Å². The second-order valence-corrected chi connectivity index (χ2v) is 5.94. The first-order valence-electron chi connectivity index (χ1n) is 8.04. The summed E-state index contributed by atoms with van der Waals surface area (Å²) in [4.78, 5) is 0. The van der Waals surface area contributed by atoms with Crippen LogP contribution < -0.4 is 10.1 Å². The van der Waals surface area contributed by atoms with Crippen LogP contribution in [0.2, 0.25) is 5.02 Å². The second kappa shape index (κ2) is 12.6. The molecule has 1 aromatic rings. The van der Waals surface area contributed by atoms with Crippen LogP contribution in [0.25, 0.3) is 0 Å². The first kappa shape index (κ1) is 20.2. The topological polar surface area (TPSA) is 60.0 Å². The molecule has 0 aliphatic carbocycles. The van der Waals surface area contributed by atoms with Gasteiger partial charge in [0, 0.05) is 18.2 Å². The second-order valence-electron chi connectivity index (χ2n) is 5.51. The molecule has 0 aliphatic heterocycles. The summed E-state index contributed by atoms with van der Waals surface area (Å²) in [5, 5.41) is 13.6. The number of aliphatic hydroxyl groups is 1. The third-order valence-corrected chi connectivity index (χ3v) is 3.20. The lowest BCUT2D eigenvalue weighted by molar-refractivity contribution is 0.0246. The molecule has 0 saturated carbocycles. The fraction of sp³-hybridized carbons (Fsp3) is 0.647. The van der Waals surface area contributed by atoms with Crippen molar-refractivity contribution >= 4 is 11.6 Å². The molecule has 0 unspecified atom stereocenters. The van der Waals surface area contributed by atoms with E-state index < -0.39 is 6.10 Å². The summed E-state index contributed by atoms with van der Waals surface area (Å²) in [6.45, 7) is 7.27. The van der Waals surface area contributed by atoms with Crippen molar-refractivity contribution in [2.75, 3.05) is 39.5 Å². The molecule has 0 spiro atoms. The first-order chi connectivity index (χ1) is 11.1. The van der Waals surface area contributed by atoms with Gasteiger partial charge in [0.05, 0.1) is 25.4 Å². The van der Waals surface area contributed by atoms with E-state index in [1.54, 1.807) is 12.1 Å². The van der Waals surface area contributed by atoms with Crippen LogP contribution in [0.15, 0.2) is 24.3 Å². The summed E-state index contributed by atoms with van der Waals surface area (Å²) >= 11 is 5.79. The molecular weight excluding hydrogens is 318 g/mol. The minimum absolute atomic E-state index is 0.268. The van der Waals surface area contributed by atoms with Crippen molar-refractivity contribution in [2.45, 2.75) is 32.5 Å². The van der Waals surface area contributed by atoms with Crippen molar-refractivity contribution in [1.29, 1.82) is 0 Å². The molecule has 5 nitrogen and oxygen atoms in total. The van der Waals surface area contributed by atoms with Crippen LogP contribution in [0.1, 0.15) is 20.3 Å². The Hall–Kier alpha value is -0.850. The normalized spacial score (nSPS) is 12.6. The highest BCUT2D eigenvalue weighted by atomic mass is 35.5. The first-order valence-corrected chi connectivity index (χ1v) is 8.42. The zero-order valence-corrected chi connectivity index (χ0v) is 14.7. The van der Waals surface area contributed by atoms with Crippen LogP contribution in [0.5, 0.6) is 5.75 Å². The Kier molecular flexibility index (Phi) is 11.0. The Morgan fingerprint density at radius 2 is 1.87 bits per heavy atom. The molecule has 0 saturated heterocycles. The van der Waals surface area contributed by atoms with Gasteiger partial charge in [-0.1, -0.05) is 11.6 Å². The quantitative estimate of drug-likeness (QED) is 0.538. The largest absolute Gasteiger partial charge is 0.491 e. The van der Waals surface area contributed by atoms with E-state index in [1.165, 1.54) is 0 Å². The van der Waals surface area contributed by atoms with E-state index in [0.717, 1.165) is 25.3 Å². The van der Waals surface area contributed by atoms with Gasteiger partial charge in [0.1, 0.15) is 12.4 Å². The molecule has 0 aromatic heterocycles. The number of rotatable bonds is 13. The summed E-state index contributed by atoms with van der Waals surface area (Å²) in [5.74, 6) is 0.754. The molecule has 0 heterocycles. The van der Waals surface area contributed by atoms with E-state index in [1.807, 2.05) is 26.0 Å². The highest BCUT2D eigenvalue weighted by Crippen LogP contribution is 2.15. The fourth-order valence-corrected chi connectivity index (χ4v) is 1.94. The predicted octanol–water partition coefficient (Wildman–Crippen LogP) is 2.50. The summed E-state index contributed by atoms with van der Waals surface area (Å²) < 4.78 is 16.3. The van der Waals surface area contributed by atoms with Gasteiger partial charge in [-0.05, 0) is 51.1 Å². The third kappa shape index (κ3) is 11.3. The molecule has 0 bridgehead atoms. The Morgan fingerprint density at radius 1 is 1.13 bits per heavy atom. The van der Waals surface area contributed by atoms with E-state index in [-0.39, 0.29) is 6.10 Å². The molecule has 132 valence electrons. The number of benzene rings is 1. The van der Waals surface area contributed by atoms with Crippen molar-refractivity contribution in [1.82, 2.24) is 5.32 Å². The number of nitrogens with one attached hydrogen (secondary N) is 1.